The van der Waals surface area contributed by atoms with Crippen LogP contribution in [0.5, 0.6) is 0 Å². The maximum Gasteiger partial charge on any atom is 0.319 e. The van der Waals surface area contributed by atoms with Crippen LogP contribution in [-0.2, 0) is 9.53 Å². The van der Waals surface area contributed by atoms with Gasteiger partial charge in [-0.1, -0.05) is 0 Å². The molecule has 0 aromatic rings. The Morgan fingerprint density at radius 1 is 1.54 bits per heavy atom. The van der Waals surface area contributed by atoms with Crippen molar-refractivity contribution in [2.75, 3.05) is 20.1 Å². The minimum Gasteiger partial charge on any atom is -0.452 e. The number of nitrogens with zero attached hydrogens (tertiary/aromatic N) is 1. The fourth-order valence-electron chi connectivity index (χ4n) is 3.32. The molecule has 3 saturated heterocycles. The van der Waals surface area contributed by atoms with Crippen molar-refractivity contribution in [2.24, 2.45) is 5.92 Å². The molecule has 4 atom stereocenters. The van der Waals surface area contributed by atoms with E-state index in [-0.39, 0.29) is 18.0 Å². The lowest BCUT2D eigenvalue weighted by molar-refractivity contribution is -0.959. The number of quaternary nitrogens is 1. The van der Waals surface area contributed by atoms with Gasteiger partial charge in [0.15, 0.2) is 6.10 Å². The van der Waals surface area contributed by atoms with E-state index in [4.69, 9.17) is 4.74 Å². The predicted octanol–water partition coefficient (Wildman–Crippen LogP) is -0.529. The maximum absolute atomic E-state index is 11.4. The van der Waals surface area contributed by atoms with Crippen LogP contribution in [0.15, 0.2) is 0 Å². The van der Waals surface area contributed by atoms with Crippen LogP contribution in [0.2, 0.25) is 0 Å². The first-order valence-electron chi connectivity index (χ1n) is 4.85. The monoisotopic (exact) mass is 184 g/mol. The minimum atomic E-state index is -0.892. The van der Waals surface area contributed by atoms with Crippen LogP contribution in [-0.4, -0.2) is 47.5 Å². The molecule has 13 heavy (non-hydrogen) atoms. The Hall–Kier alpha value is -0.610. The van der Waals surface area contributed by atoms with Gasteiger partial charge in [-0.2, -0.15) is 0 Å². The van der Waals surface area contributed by atoms with Crippen LogP contribution < -0.4 is 0 Å². The van der Waals surface area contributed by atoms with Gasteiger partial charge in [-0.25, -0.2) is 0 Å². The minimum absolute atomic E-state index is 0.186. The first-order chi connectivity index (χ1) is 6.08. The van der Waals surface area contributed by atoms with Crippen molar-refractivity contribution in [3.05, 3.63) is 0 Å². The summed E-state index contributed by atoms with van der Waals surface area (Å²) in [7, 11) is 2.03. The van der Waals surface area contributed by atoms with Crippen molar-refractivity contribution in [1.29, 1.82) is 0 Å². The third-order valence-electron chi connectivity index (χ3n) is 4.19. The van der Waals surface area contributed by atoms with Gasteiger partial charge in [-0.05, 0) is 0 Å². The highest BCUT2D eigenvalue weighted by atomic mass is 16.6. The summed E-state index contributed by atoms with van der Waals surface area (Å²) in [4.78, 5) is 11.4. The number of likely N-dealkylation sites (N-methyl/N-ethyl adjacent to an activating group) is 1. The maximum atomic E-state index is 11.4. The van der Waals surface area contributed by atoms with E-state index in [1.807, 2.05) is 7.05 Å². The Morgan fingerprint density at radius 2 is 2.23 bits per heavy atom. The Morgan fingerprint density at radius 3 is 3.00 bits per heavy atom. The van der Waals surface area contributed by atoms with E-state index in [0.29, 0.717) is 4.48 Å². The molecule has 4 nitrogen and oxygen atoms in total. The van der Waals surface area contributed by atoms with Crippen molar-refractivity contribution in [2.45, 2.75) is 24.7 Å². The molecule has 3 rings (SSSR count). The van der Waals surface area contributed by atoms with Crippen LogP contribution in [0, 0.1) is 5.92 Å². The normalized spacial score (nSPS) is 58.2. The molecule has 3 fully saturated rings. The summed E-state index contributed by atoms with van der Waals surface area (Å²) in [6, 6.07) is 0. The topological polar surface area (TPSA) is 46.5 Å². The Bertz CT molecular complexity index is 293. The van der Waals surface area contributed by atoms with Crippen LogP contribution >= 0.6 is 0 Å². The van der Waals surface area contributed by atoms with Gasteiger partial charge in [0.25, 0.3) is 5.72 Å². The SMILES string of the molecule is C[N+]12CC[C@@H]3C(=O)O[C@H](CC1)[C@@]32O. The van der Waals surface area contributed by atoms with Crippen molar-refractivity contribution < 1.29 is 19.1 Å². The van der Waals surface area contributed by atoms with E-state index in [1.54, 1.807) is 0 Å². The van der Waals surface area contributed by atoms with Crippen molar-refractivity contribution in [1.82, 2.24) is 0 Å². The van der Waals surface area contributed by atoms with E-state index in [9.17, 15) is 9.90 Å². The molecule has 4 heteroatoms. The zero-order chi connectivity index (χ0) is 9.27. The summed E-state index contributed by atoms with van der Waals surface area (Å²) < 4.78 is 5.80. The molecule has 0 saturated carbocycles. The number of aliphatic hydroxyl groups is 1. The predicted molar refractivity (Wildman–Crippen MR) is 43.5 cm³/mol. The molecule has 3 aliphatic heterocycles. The first kappa shape index (κ1) is 7.76. The zero-order valence-corrected chi connectivity index (χ0v) is 7.69. The van der Waals surface area contributed by atoms with Crippen LogP contribution in [0.1, 0.15) is 12.8 Å². The second kappa shape index (κ2) is 1.91. The highest BCUT2D eigenvalue weighted by molar-refractivity contribution is 5.77. The largest absolute Gasteiger partial charge is 0.452 e. The number of carbonyl (C=O) groups is 1. The molecule has 0 amide bonds. The van der Waals surface area contributed by atoms with Gasteiger partial charge in [0.1, 0.15) is 5.92 Å². The van der Waals surface area contributed by atoms with Gasteiger partial charge >= 0.3 is 5.97 Å². The average molecular weight is 184 g/mol. The molecular weight excluding hydrogens is 170 g/mol. The van der Waals surface area contributed by atoms with Gasteiger partial charge in [-0.3, -0.25) is 9.28 Å². The van der Waals surface area contributed by atoms with Gasteiger partial charge in [0.2, 0.25) is 0 Å². The first-order valence-corrected chi connectivity index (χ1v) is 4.85. The van der Waals surface area contributed by atoms with E-state index >= 15 is 0 Å². The fraction of sp³-hybridized carbons (Fsp3) is 0.889. The van der Waals surface area contributed by atoms with E-state index in [0.717, 1.165) is 25.9 Å². The molecule has 0 aromatic carbocycles. The second-order valence-electron chi connectivity index (χ2n) is 4.68. The third-order valence-corrected chi connectivity index (χ3v) is 4.19. The lowest BCUT2D eigenvalue weighted by Crippen LogP contribution is -2.58. The Balaban J connectivity index is 2.13. The number of rotatable bonds is 0. The average Bonchev–Trinajstić information content (AvgIpc) is 2.56. The van der Waals surface area contributed by atoms with E-state index in [2.05, 4.69) is 0 Å². The molecule has 0 aliphatic carbocycles. The van der Waals surface area contributed by atoms with Crippen molar-refractivity contribution in [3.63, 3.8) is 0 Å². The summed E-state index contributed by atoms with van der Waals surface area (Å²) >= 11 is 0. The number of hydrogen-bond acceptors (Lipinski definition) is 3. The highest BCUT2D eigenvalue weighted by Crippen LogP contribution is 2.52. The lowest BCUT2D eigenvalue weighted by Gasteiger charge is -2.36. The molecule has 1 N–H and O–H groups in total. The van der Waals surface area contributed by atoms with Crippen LogP contribution in [0.3, 0.4) is 0 Å². The molecular formula is C9H14NO3+. The molecule has 3 heterocycles. The second-order valence-corrected chi connectivity index (χ2v) is 4.68. The number of hydrogen-bond donors (Lipinski definition) is 1. The van der Waals surface area contributed by atoms with E-state index in [1.165, 1.54) is 0 Å². The quantitative estimate of drug-likeness (QED) is 0.406. The Labute approximate surface area is 76.7 Å². The zero-order valence-electron chi connectivity index (χ0n) is 7.69. The molecule has 3 aliphatic rings. The van der Waals surface area contributed by atoms with Gasteiger partial charge in [0, 0.05) is 12.8 Å². The summed E-state index contributed by atoms with van der Waals surface area (Å²) in [6.07, 6.45) is 1.36. The van der Waals surface area contributed by atoms with Crippen LogP contribution in [0.25, 0.3) is 0 Å². The molecule has 0 spiro atoms. The third kappa shape index (κ3) is 0.616. The smallest absolute Gasteiger partial charge is 0.319 e. The van der Waals surface area contributed by atoms with Crippen molar-refractivity contribution in [3.8, 4) is 0 Å². The van der Waals surface area contributed by atoms with Crippen LogP contribution in [0.4, 0.5) is 0 Å². The standard InChI is InChI=1S/C9H14NO3/c1-10-4-2-6-8(11)13-7(3-5-10)9(6,10)12/h6-7,12H,2-5H2,1H3/q+1/t6-,7-,9+,10?/m1/s1. The summed E-state index contributed by atoms with van der Waals surface area (Å²) in [6.45, 7) is 1.84. The Kier molecular flexibility index (Phi) is 1.14. The number of esters is 1. The lowest BCUT2D eigenvalue weighted by atomic mass is 9.95. The van der Waals surface area contributed by atoms with Gasteiger partial charge in [-0.15, -0.1) is 0 Å². The number of carbonyl (C=O) groups excluding carboxylic acids is 1. The van der Waals surface area contributed by atoms with E-state index < -0.39 is 5.72 Å². The fourth-order valence-corrected chi connectivity index (χ4v) is 3.32. The highest BCUT2D eigenvalue weighted by Gasteiger charge is 2.74. The van der Waals surface area contributed by atoms with Gasteiger partial charge in [0.05, 0.1) is 20.1 Å². The molecule has 1 unspecified atom stereocenters. The summed E-state index contributed by atoms with van der Waals surface area (Å²) in [5, 5.41) is 10.5. The molecule has 72 valence electrons. The molecule has 0 aromatic heterocycles. The summed E-state index contributed by atoms with van der Waals surface area (Å²) in [5.74, 6) is -0.445. The molecule has 0 radical (unpaired) electrons. The van der Waals surface area contributed by atoms with Crippen molar-refractivity contribution >= 4 is 5.97 Å². The summed E-state index contributed by atoms with van der Waals surface area (Å²) in [5.41, 5.74) is -0.892. The number of ether oxygens (including phenoxy) is 1. The molecule has 0 bridgehead atoms. The van der Waals surface area contributed by atoms with Gasteiger partial charge < -0.3 is 9.84 Å².